The molecule has 0 radical (unpaired) electrons. The average molecular weight is 401 g/mol. The second-order valence-corrected chi connectivity index (χ2v) is 7.18. The zero-order valence-corrected chi connectivity index (χ0v) is 17.4. The number of amides is 1. The van der Waals surface area contributed by atoms with Gasteiger partial charge in [0.05, 0.1) is 13.5 Å². The fourth-order valence-electron chi connectivity index (χ4n) is 3.47. The van der Waals surface area contributed by atoms with Gasteiger partial charge in [0.2, 0.25) is 5.91 Å². The van der Waals surface area contributed by atoms with Gasteiger partial charge >= 0.3 is 0 Å². The zero-order chi connectivity index (χ0) is 21.3. The molecule has 2 aromatic carbocycles. The predicted octanol–water partition coefficient (Wildman–Crippen LogP) is 3.91. The molecule has 4 rings (SSSR count). The van der Waals surface area contributed by atoms with Crippen LogP contribution in [-0.2, 0) is 11.2 Å². The van der Waals surface area contributed by atoms with E-state index < -0.39 is 0 Å². The number of aryl methyl sites for hydroxylation is 3. The number of carbonyl (C=O) groups is 1. The Morgan fingerprint density at radius 3 is 2.63 bits per heavy atom. The fraction of sp³-hybridized carbons (Fsp3) is 0.217. The van der Waals surface area contributed by atoms with E-state index in [-0.39, 0.29) is 12.3 Å². The standard InChI is InChI=1S/C23H23N5O2/c1-14-8-5-6-11-19(14)22-26-23-24-15(2)20(16(3)28(23)27-22)13-21(29)25-17-9-7-10-18(12-17)30-4/h5-12H,13H2,1-4H3,(H,25,29). The molecule has 1 N–H and O–H groups in total. The van der Waals surface area contributed by atoms with E-state index in [1.54, 1.807) is 17.7 Å². The predicted molar refractivity (Wildman–Crippen MR) is 116 cm³/mol. The van der Waals surface area contributed by atoms with Crippen molar-refractivity contribution in [1.82, 2.24) is 19.6 Å². The second-order valence-electron chi connectivity index (χ2n) is 7.18. The Balaban J connectivity index is 1.64. The van der Waals surface area contributed by atoms with Crippen molar-refractivity contribution in [3.05, 3.63) is 71.0 Å². The number of rotatable bonds is 5. The van der Waals surface area contributed by atoms with Crippen molar-refractivity contribution in [3.63, 3.8) is 0 Å². The molecule has 7 nitrogen and oxygen atoms in total. The summed E-state index contributed by atoms with van der Waals surface area (Å²) in [6, 6.07) is 15.3. The summed E-state index contributed by atoms with van der Waals surface area (Å²) < 4.78 is 6.92. The summed E-state index contributed by atoms with van der Waals surface area (Å²) in [5.74, 6) is 1.71. The van der Waals surface area contributed by atoms with Gasteiger partial charge in [-0.3, -0.25) is 4.79 Å². The summed E-state index contributed by atoms with van der Waals surface area (Å²) >= 11 is 0. The summed E-state index contributed by atoms with van der Waals surface area (Å²) in [5.41, 5.74) is 5.21. The number of hydrogen-bond acceptors (Lipinski definition) is 5. The molecular formula is C23H23N5O2. The third kappa shape index (κ3) is 3.74. The maximum Gasteiger partial charge on any atom is 0.253 e. The van der Waals surface area contributed by atoms with Crippen LogP contribution in [0.2, 0.25) is 0 Å². The van der Waals surface area contributed by atoms with Crippen molar-refractivity contribution < 1.29 is 9.53 Å². The van der Waals surface area contributed by atoms with Crippen LogP contribution in [0.5, 0.6) is 5.75 Å². The van der Waals surface area contributed by atoms with Gasteiger partial charge in [0, 0.05) is 34.3 Å². The van der Waals surface area contributed by atoms with Gasteiger partial charge in [-0.15, -0.1) is 5.10 Å². The number of nitrogens with one attached hydrogen (secondary N) is 1. The molecular weight excluding hydrogens is 378 g/mol. The lowest BCUT2D eigenvalue weighted by molar-refractivity contribution is -0.115. The number of anilines is 1. The molecule has 1 amide bonds. The molecule has 0 aliphatic carbocycles. The summed E-state index contributed by atoms with van der Waals surface area (Å²) in [7, 11) is 1.60. The van der Waals surface area contributed by atoms with Crippen molar-refractivity contribution in [2.75, 3.05) is 12.4 Å². The lowest BCUT2D eigenvalue weighted by Gasteiger charge is -2.11. The Kier molecular flexibility index (Phi) is 5.18. The number of aromatic nitrogens is 4. The molecule has 0 aliphatic heterocycles. The van der Waals surface area contributed by atoms with E-state index in [0.29, 0.717) is 23.0 Å². The van der Waals surface area contributed by atoms with Crippen molar-refractivity contribution in [2.45, 2.75) is 27.2 Å². The van der Waals surface area contributed by atoms with Crippen LogP contribution >= 0.6 is 0 Å². The topological polar surface area (TPSA) is 81.4 Å². The Hall–Kier alpha value is -3.74. The quantitative estimate of drug-likeness (QED) is 0.548. The zero-order valence-electron chi connectivity index (χ0n) is 17.4. The van der Waals surface area contributed by atoms with E-state index in [1.165, 1.54) is 0 Å². The molecule has 152 valence electrons. The molecule has 0 spiro atoms. The number of fused-ring (bicyclic) bond motifs is 1. The lowest BCUT2D eigenvalue weighted by Crippen LogP contribution is -2.17. The molecule has 0 unspecified atom stereocenters. The minimum absolute atomic E-state index is 0.130. The molecule has 0 aliphatic rings. The Morgan fingerprint density at radius 2 is 1.87 bits per heavy atom. The van der Waals surface area contributed by atoms with Crippen molar-refractivity contribution in [2.24, 2.45) is 0 Å². The highest BCUT2D eigenvalue weighted by Gasteiger charge is 2.17. The molecule has 2 aromatic heterocycles. The van der Waals surface area contributed by atoms with Crippen LogP contribution in [0.3, 0.4) is 0 Å². The maximum atomic E-state index is 12.7. The van der Waals surface area contributed by atoms with E-state index in [1.807, 2.05) is 63.2 Å². The Bertz CT molecular complexity index is 1250. The molecule has 7 heteroatoms. The summed E-state index contributed by atoms with van der Waals surface area (Å²) in [4.78, 5) is 21.9. The average Bonchev–Trinajstić information content (AvgIpc) is 3.15. The smallest absolute Gasteiger partial charge is 0.253 e. The number of carbonyl (C=O) groups excluding carboxylic acids is 1. The van der Waals surface area contributed by atoms with Crippen LogP contribution in [0.4, 0.5) is 5.69 Å². The molecule has 30 heavy (non-hydrogen) atoms. The van der Waals surface area contributed by atoms with E-state index in [0.717, 1.165) is 28.1 Å². The van der Waals surface area contributed by atoms with Gasteiger partial charge in [-0.1, -0.05) is 30.3 Å². The van der Waals surface area contributed by atoms with E-state index in [2.05, 4.69) is 20.4 Å². The highest BCUT2D eigenvalue weighted by atomic mass is 16.5. The third-order valence-electron chi connectivity index (χ3n) is 5.13. The fourth-order valence-corrected chi connectivity index (χ4v) is 3.47. The molecule has 0 bridgehead atoms. The minimum Gasteiger partial charge on any atom is -0.497 e. The number of hydrogen-bond donors (Lipinski definition) is 1. The first-order chi connectivity index (χ1) is 14.5. The van der Waals surface area contributed by atoms with E-state index in [4.69, 9.17) is 4.74 Å². The molecule has 0 atom stereocenters. The van der Waals surface area contributed by atoms with Gasteiger partial charge in [-0.25, -0.2) is 9.50 Å². The largest absolute Gasteiger partial charge is 0.497 e. The van der Waals surface area contributed by atoms with E-state index in [9.17, 15) is 4.79 Å². The van der Waals surface area contributed by atoms with Crippen LogP contribution in [0.25, 0.3) is 17.2 Å². The monoisotopic (exact) mass is 401 g/mol. The van der Waals surface area contributed by atoms with E-state index >= 15 is 0 Å². The van der Waals surface area contributed by atoms with Gasteiger partial charge in [0.15, 0.2) is 5.82 Å². The van der Waals surface area contributed by atoms with Gasteiger partial charge in [0.25, 0.3) is 5.78 Å². The summed E-state index contributed by atoms with van der Waals surface area (Å²) in [6.45, 7) is 5.86. The second kappa shape index (κ2) is 7.94. The van der Waals surface area contributed by atoms with Gasteiger partial charge in [-0.2, -0.15) is 4.98 Å². The van der Waals surface area contributed by atoms with Crippen LogP contribution < -0.4 is 10.1 Å². The lowest BCUT2D eigenvalue weighted by atomic mass is 10.1. The first-order valence-electron chi connectivity index (χ1n) is 9.69. The molecule has 0 fully saturated rings. The van der Waals surface area contributed by atoms with Crippen molar-refractivity contribution in [1.29, 1.82) is 0 Å². The van der Waals surface area contributed by atoms with Gasteiger partial charge < -0.3 is 10.1 Å². The first-order valence-corrected chi connectivity index (χ1v) is 9.69. The number of ether oxygens (including phenoxy) is 1. The van der Waals surface area contributed by atoms with Gasteiger partial charge in [-0.05, 0) is 38.5 Å². The Labute approximate surface area is 174 Å². The number of benzene rings is 2. The number of methoxy groups -OCH3 is 1. The highest BCUT2D eigenvalue weighted by molar-refractivity contribution is 5.92. The Morgan fingerprint density at radius 1 is 1.07 bits per heavy atom. The minimum atomic E-state index is -0.130. The third-order valence-corrected chi connectivity index (χ3v) is 5.13. The number of nitrogens with zero attached hydrogens (tertiary/aromatic N) is 4. The van der Waals surface area contributed by atoms with Crippen molar-refractivity contribution in [3.8, 4) is 17.1 Å². The molecule has 0 saturated carbocycles. The normalized spacial score (nSPS) is 10.9. The molecule has 0 saturated heterocycles. The van der Waals surface area contributed by atoms with Crippen LogP contribution in [0.1, 0.15) is 22.5 Å². The van der Waals surface area contributed by atoms with Gasteiger partial charge in [0.1, 0.15) is 5.75 Å². The van der Waals surface area contributed by atoms with Crippen LogP contribution in [0, 0.1) is 20.8 Å². The molecule has 4 aromatic rings. The van der Waals surface area contributed by atoms with Crippen molar-refractivity contribution >= 4 is 17.4 Å². The maximum absolute atomic E-state index is 12.7. The summed E-state index contributed by atoms with van der Waals surface area (Å²) in [6.07, 6.45) is 0.192. The SMILES string of the molecule is COc1cccc(NC(=O)Cc2c(C)nc3nc(-c4ccccc4C)nn3c2C)c1. The first kappa shape index (κ1) is 19.6. The highest BCUT2D eigenvalue weighted by Crippen LogP contribution is 2.22. The van der Waals surface area contributed by atoms with Crippen LogP contribution in [-0.4, -0.2) is 32.6 Å². The van der Waals surface area contributed by atoms with Crippen LogP contribution in [0.15, 0.2) is 48.5 Å². The molecule has 2 heterocycles. The summed E-state index contributed by atoms with van der Waals surface area (Å²) in [5, 5.41) is 7.57.